The number of carbonyl (C=O) groups excluding carboxylic acids is 3. The molecule has 168 valence electrons. The number of aliphatic carboxylic acids is 2. The molecule has 0 aliphatic heterocycles. The van der Waals surface area contributed by atoms with Crippen molar-refractivity contribution >= 4 is 99.9 Å². The highest BCUT2D eigenvalue weighted by Gasteiger charge is 2.29. The fourth-order valence-electron chi connectivity index (χ4n) is 1.76. The van der Waals surface area contributed by atoms with Gasteiger partial charge in [-0.3, -0.25) is 19.2 Å². The fourth-order valence-corrected chi connectivity index (χ4v) is 5.44. The van der Waals surface area contributed by atoms with E-state index in [4.69, 9.17) is 39.6 Å². The van der Waals surface area contributed by atoms with Gasteiger partial charge in [0.15, 0.2) is 6.10 Å². The maximum atomic E-state index is 12.1. The Bertz CT molecular complexity index is 707. The zero-order chi connectivity index (χ0) is 24.3. The third-order valence-electron chi connectivity index (χ3n) is 3.36. The molecule has 0 saturated heterocycles. The third kappa shape index (κ3) is 13.0. The summed E-state index contributed by atoms with van der Waals surface area (Å²) in [5.74, 6) is -5.16. The van der Waals surface area contributed by atoms with E-state index in [1.54, 1.807) is 44.1 Å². The summed E-state index contributed by atoms with van der Waals surface area (Å²) in [5.41, 5.74) is -5.20. The van der Waals surface area contributed by atoms with Gasteiger partial charge in [0, 0.05) is 5.57 Å². The summed E-state index contributed by atoms with van der Waals surface area (Å²) in [4.78, 5) is 58.0. The molecule has 0 bridgehead atoms. The van der Waals surface area contributed by atoms with Gasteiger partial charge in [0.05, 0.1) is 24.2 Å². The summed E-state index contributed by atoms with van der Waals surface area (Å²) in [6.07, 6.45) is -2.29. The van der Waals surface area contributed by atoms with Gasteiger partial charge in [-0.1, -0.05) is 61.5 Å². The Morgan fingerprint density at radius 2 is 1.32 bits per heavy atom. The van der Waals surface area contributed by atoms with Crippen molar-refractivity contribution in [2.24, 2.45) is 0 Å². The maximum Gasteiger partial charge on any atom is 0.333 e. The molecule has 0 aromatic heterocycles. The lowest BCUT2D eigenvalue weighted by Crippen LogP contribution is -2.33. The SMILES string of the molecule is [B]P(I)C(CC(=O)OCC(COC(=O)C(=C)C)OC(=O)CC(C(=O)O)P([B])I)C(=O)O. The molecule has 0 rings (SSSR count). The van der Waals surface area contributed by atoms with Crippen molar-refractivity contribution in [2.45, 2.75) is 37.2 Å². The van der Waals surface area contributed by atoms with E-state index in [-0.39, 0.29) is 5.57 Å². The van der Waals surface area contributed by atoms with Gasteiger partial charge < -0.3 is 24.4 Å². The Morgan fingerprint density at radius 1 is 0.903 bits per heavy atom. The number of ether oxygens (including phenoxy) is 3. The lowest BCUT2D eigenvalue weighted by Gasteiger charge is -2.21. The van der Waals surface area contributed by atoms with Crippen LogP contribution in [0, 0.1) is 0 Å². The van der Waals surface area contributed by atoms with E-state index in [0.29, 0.717) is 0 Å². The van der Waals surface area contributed by atoms with Gasteiger partial charge in [-0.25, -0.2) is 4.79 Å². The predicted octanol–water partition coefficient (Wildman–Crippen LogP) is 2.08. The van der Waals surface area contributed by atoms with Gasteiger partial charge >= 0.3 is 29.8 Å². The molecule has 2 N–H and O–H groups in total. The molecule has 0 aromatic carbocycles. The van der Waals surface area contributed by atoms with Crippen molar-refractivity contribution in [2.75, 3.05) is 13.2 Å². The summed E-state index contributed by atoms with van der Waals surface area (Å²) in [6, 6.07) is 0. The Hall–Kier alpha value is -0.460. The quantitative estimate of drug-likeness (QED) is 0.0690. The van der Waals surface area contributed by atoms with Crippen LogP contribution in [-0.4, -0.2) is 85.8 Å². The summed E-state index contributed by atoms with van der Waals surface area (Å²) >= 11 is 3.43. The van der Waals surface area contributed by atoms with Crippen molar-refractivity contribution in [3.63, 3.8) is 0 Å². The number of halogens is 2. The topological polar surface area (TPSA) is 154 Å². The Kier molecular flexibility index (Phi) is 15.2. The Morgan fingerprint density at radius 3 is 1.71 bits per heavy atom. The molecule has 16 heteroatoms. The molecule has 5 unspecified atom stereocenters. The number of carboxylic acids is 2. The highest BCUT2D eigenvalue weighted by atomic mass is 127. The molecule has 0 spiro atoms. The van der Waals surface area contributed by atoms with Crippen LogP contribution in [-0.2, 0) is 38.2 Å². The molecule has 31 heavy (non-hydrogen) atoms. The molecule has 5 atom stereocenters. The molecule has 0 heterocycles. The summed E-state index contributed by atoms with van der Waals surface area (Å²) in [6.45, 7) is 3.75. The number of rotatable bonds is 14. The second kappa shape index (κ2) is 15.4. The standard InChI is InChI=1S/C15H18B2I2O10P2/c1-7(2)15(26)28-6-8(29-12(21)4-10(14(24)25)31(17)19)5-27-11(20)3-9(13(22)23)30(16)18/h8-10H,1,3-6H2,2H3,(H,22,23)(H,24,25). The van der Waals surface area contributed by atoms with E-state index in [1.165, 1.54) is 6.92 Å². The van der Waals surface area contributed by atoms with Crippen LogP contribution in [0.15, 0.2) is 12.2 Å². The lowest BCUT2D eigenvalue weighted by atomic mass is 10.3. The highest BCUT2D eigenvalue weighted by Crippen LogP contribution is 2.47. The molecule has 0 aliphatic rings. The first-order valence-electron chi connectivity index (χ1n) is 8.29. The monoisotopic (exact) mass is 696 g/mol. The van der Waals surface area contributed by atoms with Gasteiger partial charge in [0.2, 0.25) is 0 Å². The van der Waals surface area contributed by atoms with Crippen LogP contribution in [0.3, 0.4) is 0 Å². The average Bonchev–Trinajstić information content (AvgIpc) is 2.64. The second-order valence-electron chi connectivity index (χ2n) is 5.98. The smallest absolute Gasteiger partial charge is 0.333 e. The Labute approximate surface area is 209 Å². The van der Waals surface area contributed by atoms with Gasteiger partial charge in [0.25, 0.3) is 0 Å². The normalized spacial score (nSPS) is 15.5. The van der Waals surface area contributed by atoms with E-state index in [1.807, 2.05) is 0 Å². The van der Waals surface area contributed by atoms with E-state index in [2.05, 4.69) is 6.58 Å². The van der Waals surface area contributed by atoms with Crippen LogP contribution in [0.25, 0.3) is 0 Å². The number of carbonyl (C=O) groups is 5. The van der Waals surface area contributed by atoms with Crippen molar-refractivity contribution in [1.29, 1.82) is 0 Å². The van der Waals surface area contributed by atoms with E-state index >= 15 is 0 Å². The largest absolute Gasteiger partial charge is 0.481 e. The third-order valence-corrected chi connectivity index (χ3v) is 9.40. The summed E-state index contributed by atoms with van der Waals surface area (Å²) in [5, 5.41) is 18.2. The summed E-state index contributed by atoms with van der Waals surface area (Å²) in [7, 11) is 11.2. The first-order valence-corrected chi connectivity index (χ1v) is 16.8. The molecule has 0 aromatic rings. The van der Waals surface area contributed by atoms with Crippen LogP contribution in [0.4, 0.5) is 0 Å². The minimum atomic E-state index is -1.51. The fraction of sp³-hybridized carbons (Fsp3) is 0.533. The molecule has 0 fully saturated rings. The van der Waals surface area contributed by atoms with Crippen molar-refractivity contribution in [3.05, 3.63) is 12.2 Å². The van der Waals surface area contributed by atoms with Gasteiger partial charge in [-0.05, 0) is 6.92 Å². The average molecular weight is 696 g/mol. The molecular weight excluding hydrogens is 678 g/mol. The second-order valence-corrected chi connectivity index (χ2v) is 15.3. The van der Waals surface area contributed by atoms with Crippen molar-refractivity contribution in [3.8, 4) is 0 Å². The van der Waals surface area contributed by atoms with Crippen LogP contribution in [0.2, 0.25) is 0 Å². The van der Waals surface area contributed by atoms with Gasteiger partial charge in [0.1, 0.15) is 28.3 Å². The van der Waals surface area contributed by atoms with Crippen LogP contribution in [0.1, 0.15) is 19.8 Å². The first kappa shape index (κ1) is 30.5. The minimum Gasteiger partial charge on any atom is -0.481 e. The van der Waals surface area contributed by atoms with Crippen LogP contribution < -0.4 is 0 Å². The number of hydrogen-bond acceptors (Lipinski definition) is 8. The predicted molar refractivity (Wildman–Crippen MR) is 132 cm³/mol. The van der Waals surface area contributed by atoms with Crippen molar-refractivity contribution < 1.29 is 48.4 Å². The zero-order valence-corrected chi connectivity index (χ0v) is 22.3. The number of esters is 3. The molecule has 4 radical (unpaired) electrons. The maximum absolute atomic E-state index is 12.1. The van der Waals surface area contributed by atoms with E-state index < -0.39 is 84.2 Å². The van der Waals surface area contributed by atoms with E-state index in [0.717, 1.165) is 0 Å². The van der Waals surface area contributed by atoms with E-state index in [9.17, 15) is 24.0 Å². The van der Waals surface area contributed by atoms with Gasteiger partial charge in [-0.15, -0.1) is 0 Å². The molecule has 10 nitrogen and oxygen atoms in total. The lowest BCUT2D eigenvalue weighted by molar-refractivity contribution is -0.166. The molecular formula is C15H18B2I2O10P2. The summed E-state index contributed by atoms with van der Waals surface area (Å²) < 4.78 is 14.9. The molecule has 0 aliphatic carbocycles. The molecule has 0 amide bonds. The first-order chi connectivity index (χ1) is 14.3. The van der Waals surface area contributed by atoms with Gasteiger partial charge in [-0.2, -0.15) is 0 Å². The minimum absolute atomic E-state index is 0.0781. The van der Waals surface area contributed by atoms with Crippen LogP contribution in [0.5, 0.6) is 0 Å². The number of carboxylic acid groups (broad SMARTS) is 2. The van der Waals surface area contributed by atoms with Crippen molar-refractivity contribution in [1.82, 2.24) is 0 Å². The van der Waals surface area contributed by atoms with Crippen LogP contribution >= 0.6 is 55.0 Å². The zero-order valence-electron chi connectivity index (χ0n) is 16.2. The molecule has 0 saturated carbocycles. The highest BCUT2D eigenvalue weighted by molar-refractivity contribution is 14.2. The Balaban J connectivity index is 5.08. The number of hydrogen-bond donors (Lipinski definition) is 2.